The van der Waals surface area contributed by atoms with Crippen LogP contribution in [0.4, 0.5) is 0 Å². The molecule has 0 fully saturated rings. The van der Waals surface area contributed by atoms with Gasteiger partial charge in [-0.3, -0.25) is 0 Å². The van der Waals surface area contributed by atoms with Crippen molar-refractivity contribution in [2.45, 2.75) is 0 Å². The molecule has 0 bridgehead atoms. The summed E-state index contributed by atoms with van der Waals surface area (Å²) in [5.41, 5.74) is 0. The second-order valence-electron chi connectivity index (χ2n) is 0. The van der Waals surface area contributed by atoms with E-state index in [0.717, 1.165) is 0 Å². The van der Waals surface area contributed by atoms with E-state index >= 15 is 0 Å². The summed E-state index contributed by atoms with van der Waals surface area (Å²) in [7, 11) is 0. The Morgan fingerprint density at radius 2 is 0.600 bits per heavy atom. The van der Waals surface area contributed by atoms with E-state index in [1.807, 2.05) is 0 Å². The molecule has 3 nitrogen and oxygen atoms in total. The maximum Gasteiger partial charge on any atom is 3.00 e. The van der Waals surface area contributed by atoms with E-state index in [2.05, 4.69) is 0 Å². The first kappa shape index (κ1) is 143. The number of rotatable bonds is 0. The molecule has 0 spiro atoms. The average molecular weight is 181 g/mol. The largest absolute Gasteiger partial charge is 3.00 e. The molecule has 1 radical (unpaired) electrons. The van der Waals surface area contributed by atoms with Crippen LogP contribution in [-0.4, -0.2) is 33.8 Å². The molecule has 0 aliphatic rings. The Morgan fingerprint density at radius 1 is 0.600 bits per heavy atom. The zero-order chi connectivity index (χ0) is 0. The molecular weight excluding hydrogens is 178 g/mol. The van der Waals surface area contributed by atoms with Crippen LogP contribution in [0.1, 0.15) is 0 Å². The fraction of sp³-hybridized carbons (Fsp3) is 0. The van der Waals surface area contributed by atoms with Crippen molar-refractivity contribution in [2.24, 2.45) is 0 Å². The minimum atomic E-state index is 0. The molecule has 0 aromatic carbocycles. The molecule has 5 heavy (non-hydrogen) atoms. The van der Waals surface area contributed by atoms with Gasteiger partial charge >= 0.3 is 17.4 Å². The predicted molar refractivity (Wildman–Crippen MR) is 11.6 cm³/mol. The molecule has 0 aliphatic heterocycles. The van der Waals surface area contributed by atoms with Gasteiger partial charge in [-0.05, 0) is 0 Å². The Balaban J connectivity index is 0. The van der Waals surface area contributed by atoms with Crippen molar-refractivity contribution in [3.05, 3.63) is 0 Å². The van der Waals surface area contributed by atoms with Crippen molar-refractivity contribution in [3.63, 3.8) is 0 Å². The van der Waals surface area contributed by atoms with Gasteiger partial charge in [-0.1, -0.05) is 0 Å². The summed E-state index contributed by atoms with van der Waals surface area (Å²) in [4.78, 5) is 0. The maximum absolute atomic E-state index is 0. The molecule has 5 heteroatoms. The average Bonchev–Trinajstić information content (AvgIpc) is 0. The summed E-state index contributed by atoms with van der Waals surface area (Å²) in [5.74, 6) is 0. The van der Waals surface area contributed by atoms with E-state index in [1.54, 1.807) is 0 Å². The van der Waals surface area contributed by atoms with Crippen LogP contribution in [0, 0.1) is 0 Å². The Bertz CT molecular complexity index is 6.85. The molecule has 0 saturated carbocycles. The predicted octanol–water partition coefficient (Wildman–Crippen LogP) is -0.914. The monoisotopic (exact) mass is 181 g/mol. The normalized spacial score (nSPS) is 0. The molecule has 0 aliphatic carbocycles. The van der Waals surface area contributed by atoms with Gasteiger partial charge in [0.2, 0.25) is 0 Å². The molecule has 0 unspecified atom stereocenters. The summed E-state index contributed by atoms with van der Waals surface area (Å²) >= 11 is 0. The standard InChI is InChI=1S/Al.3H2O.Rh/h;3*1H2;/q+3;;;;/p-3. The third-order valence-corrected chi connectivity index (χ3v) is 0. The zero-order valence-corrected chi connectivity index (χ0v) is 5.05. The van der Waals surface area contributed by atoms with Gasteiger partial charge in [0, 0.05) is 19.5 Å². The summed E-state index contributed by atoms with van der Waals surface area (Å²) < 4.78 is 0. The molecule has 0 aromatic heterocycles. The van der Waals surface area contributed by atoms with E-state index in [9.17, 15) is 0 Å². The van der Waals surface area contributed by atoms with Crippen molar-refractivity contribution < 1.29 is 35.9 Å². The Kier molecular flexibility index (Phi) is 2180. The SMILES string of the molecule is [Al+3].[OH-].[OH-].[OH-].[Rh]. The summed E-state index contributed by atoms with van der Waals surface area (Å²) in [6.45, 7) is 0. The van der Waals surface area contributed by atoms with Crippen LogP contribution >= 0.6 is 0 Å². The molecule has 0 rings (SSSR count). The molecule has 33 valence electrons. The van der Waals surface area contributed by atoms with Gasteiger partial charge in [0.25, 0.3) is 0 Å². The number of hydrogen-bond acceptors (Lipinski definition) is 3. The van der Waals surface area contributed by atoms with E-state index in [0.29, 0.717) is 0 Å². The molecule has 0 aromatic rings. The molecule has 0 atom stereocenters. The van der Waals surface area contributed by atoms with Crippen LogP contribution in [0.25, 0.3) is 0 Å². The Labute approximate surface area is 53.6 Å². The van der Waals surface area contributed by atoms with E-state index < -0.39 is 0 Å². The van der Waals surface area contributed by atoms with Crippen LogP contribution < -0.4 is 0 Å². The van der Waals surface area contributed by atoms with Crippen LogP contribution in [0.5, 0.6) is 0 Å². The molecular formula is H3AlO3Rh. The van der Waals surface area contributed by atoms with E-state index in [-0.39, 0.29) is 53.3 Å². The van der Waals surface area contributed by atoms with Gasteiger partial charge in [-0.15, -0.1) is 0 Å². The van der Waals surface area contributed by atoms with E-state index in [1.165, 1.54) is 0 Å². The Morgan fingerprint density at radius 3 is 0.600 bits per heavy atom. The van der Waals surface area contributed by atoms with Crippen molar-refractivity contribution in [2.75, 3.05) is 0 Å². The van der Waals surface area contributed by atoms with Crippen molar-refractivity contribution in [3.8, 4) is 0 Å². The topological polar surface area (TPSA) is 90.0 Å². The first-order valence-corrected chi connectivity index (χ1v) is 0. The maximum atomic E-state index is 0. The minimum Gasteiger partial charge on any atom is -0.870 e. The molecule has 0 heterocycles. The minimum absolute atomic E-state index is 0. The second kappa shape index (κ2) is 76.4. The molecule has 0 amide bonds. The van der Waals surface area contributed by atoms with Crippen molar-refractivity contribution >= 4 is 17.4 Å². The van der Waals surface area contributed by atoms with Crippen LogP contribution in [0.2, 0.25) is 0 Å². The molecule has 3 N–H and O–H groups in total. The van der Waals surface area contributed by atoms with Crippen molar-refractivity contribution in [1.29, 1.82) is 0 Å². The van der Waals surface area contributed by atoms with Gasteiger partial charge in [0.05, 0.1) is 0 Å². The number of hydrogen-bond donors (Lipinski definition) is 0. The van der Waals surface area contributed by atoms with Gasteiger partial charge in [0.1, 0.15) is 0 Å². The smallest absolute Gasteiger partial charge is 0.870 e. The van der Waals surface area contributed by atoms with Gasteiger partial charge in [-0.2, -0.15) is 0 Å². The Hall–Kier alpha value is 1.04. The molecule has 0 saturated heterocycles. The van der Waals surface area contributed by atoms with Gasteiger partial charge in [0.15, 0.2) is 0 Å². The first-order chi connectivity index (χ1) is 0. The first-order valence-electron chi connectivity index (χ1n) is 0. The van der Waals surface area contributed by atoms with Crippen LogP contribution in [-0.2, 0) is 19.5 Å². The fourth-order valence-electron chi connectivity index (χ4n) is 0. The zero-order valence-electron chi connectivity index (χ0n) is 2.25. The van der Waals surface area contributed by atoms with Crippen molar-refractivity contribution in [1.82, 2.24) is 0 Å². The van der Waals surface area contributed by atoms with Gasteiger partial charge < -0.3 is 16.4 Å². The quantitative estimate of drug-likeness (QED) is 0.452. The van der Waals surface area contributed by atoms with Crippen LogP contribution in [0.3, 0.4) is 0 Å². The van der Waals surface area contributed by atoms with E-state index in [4.69, 9.17) is 0 Å². The van der Waals surface area contributed by atoms with Crippen LogP contribution in [0.15, 0.2) is 0 Å². The summed E-state index contributed by atoms with van der Waals surface area (Å²) in [6, 6.07) is 0. The van der Waals surface area contributed by atoms with Gasteiger partial charge in [-0.25, -0.2) is 0 Å². The third-order valence-electron chi connectivity index (χ3n) is 0. The fourth-order valence-corrected chi connectivity index (χ4v) is 0. The third kappa shape index (κ3) is 43.3. The second-order valence-corrected chi connectivity index (χ2v) is 0. The summed E-state index contributed by atoms with van der Waals surface area (Å²) in [6.07, 6.45) is 0. The summed E-state index contributed by atoms with van der Waals surface area (Å²) in [5, 5.41) is 0.